The van der Waals surface area contributed by atoms with Crippen molar-refractivity contribution in [2.45, 2.75) is 31.9 Å². The number of allylic oxidation sites excluding steroid dienone is 2. The Bertz CT molecular complexity index is 608. The topological polar surface area (TPSA) is 93.0 Å². The van der Waals surface area contributed by atoms with Gasteiger partial charge in [0.25, 0.3) is 0 Å². The molecule has 0 bridgehead atoms. The fourth-order valence-corrected chi connectivity index (χ4v) is 2.90. The number of aliphatic hydroxyl groups is 1. The molecule has 9 heteroatoms. The highest BCUT2D eigenvalue weighted by atomic mass is 19.4. The number of ketones is 3. The number of hydrogen-bond acceptors (Lipinski definition) is 6. The summed E-state index contributed by atoms with van der Waals surface area (Å²) in [5, 5.41) is 8.71. The third-order valence-electron chi connectivity index (χ3n) is 4.11. The molecule has 1 saturated carbocycles. The maximum absolute atomic E-state index is 12.9. The Balaban J connectivity index is 2.24. The van der Waals surface area contributed by atoms with Crippen LogP contribution in [0, 0.1) is 11.8 Å². The highest BCUT2D eigenvalue weighted by molar-refractivity contribution is 6.25. The van der Waals surface area contributed by atoms with Gasteiger partial charge >= 0.3 is 6.18 Å². The first kappa shape index (κ1) is 19.5. The van der Waals surface area contributed by atoms with Crippen LogP contribution in [0.3, 0.4) is 0 Å². The minimum Gasteiger partial charge on any atom is -0.394 e. The predicted molar refractivity (Wildman–Crippen MR) is 79.9 cm³/mol. The van der Waals surface area contributed by atoms with Crippen LogP contribution in [0.2, 0.25) is 0 Å². The maximum Gasteiger partial charge on any atom is 0.433 e. The number of alkyl halides is 3. The third-order valence-corrected chi connectivity index (χ3v) is 4.11. The van der Waals surface area contributed by atoms with Gasteiger partial charge < -0.3 is 9.84 Å². The molecule has 1 atom stereocenters. The standard InChI is InChI=1S/C16H18F3NO5/c17-16(18,19)13-5-4-9(10(20-13)8-25-7-6-21)15(24)14-11(22)2-1-3-12(14)23/h5,9,14,21H,1-4,6-8H2. The molecule has 0 amide bonds. The fraction of sp³-hybridized carbons (Fsp3) is 0.625. The number of carbonyl (C=O) groups is 3. The SMILES string of the molecule is O=C1CCCC(=O)C1C(=O)C1CC=C(C(F)(F)F)N=C1COCCO. The molecular weight excluding hydrogens is 343 g/mol. The van der Waals surface area contributed by atoms with Crippen LogP contribution in [-0.4, -0.2) is 54.2 Å². The fourth-order valence-electron chi connectivity index (χ4n) is 2.90. The lowest BCUT2D eigenvalue weighted by atomic mass is 9.77. The van der Waals surface area contributed by atoms with E-state index in [2.05, 4.69) is 4.99 Å². The van der Waals surface area contributed by atoms with E-state index in [1.165, 1.54) is 0 Å². The number of hydrogen-bond donors (Lipinski definition) is 1. The normalized spacial score (nSPS) is 22.6. The Hall–Kier alpha value is -1.87. The highest BCUT2D eigenvalue weighted by Gasteiger charge is 2.43. The summed E-state index contributed by atoms with van der Waals surface area (Å²) in [4.78, 5) is 40.0. The van der Waals surface area contributed by atoms with Gasteiger partial charge in [-0.3, -0.25) is 14.4 Å². The van der Waals surface area contributed by atoms with Gasteiger partial charge in [0, 0.05) is 12.8 Å². The Morgan fingerprint density at radius 1 is 1.28 bits per heavy atom. The van der Waals surface area contributed by atoms with Crippen LogP contribution in [0.1, 0.15) is 25.7 Å². The van der Waals surface area contributed by atoms with Crippen molar-refractivity contribution in [3.63, 3.8) is 0 Å². The van der Waals surface area contributed by atoms with E-state index in [4.69, 9.17) is 9.84 Å². The van der Waals surface area contributed by atoms with E-state index in [9.17, 15) is 27.6 Å². The molecule has 1 unspecified atom stereocenters. The van der Waals surface area contributed by atoms with Crippen molar-refractivity contribution in [3.05, 3.63) is 11.8 Å². The second-order valence-electron chi connectivity index (χ2n) is 5.88. The summed E-state index contributed by atoms with van der Waals surface area (Å²) in [6.45, 7) is -0.862. The number of aliphatic hydroxyl groups excluding tert-OH is 1. The Labute approximate surface area is 141 Å². The first-order chi connectivity index (χ1) is 11.8. The zero-order valence-electron chi connectivity index (χ0n) is 13.3. The van der Waals surface area contributed by atoms with E-state index in [0.717, 1.165) is 6.08 Å². The van der Waals surface area contributed by atoms with E-state index < -0.39 is 41.1 Å². The van der Waals surface area contributed by atoms with Crippen LogP contribution < -0.4 is 0 Å². The molecule has 2 rings (SSSR count). The molecule has 1 aliphatic carbocycles. The maximum atomic E-state index is 12.9. The average Bonchev–Trinajstić information content (AvgIpc) is 2.54. The molecule has 25 heavy (non-hydrogen) atoms. The van der Waals surface area contributed by atoms with Gasteiger partial charge in [-0.05, 0) is 12.8 Å². The summed E-state index contributed by atoms with van der Waals surface area (Å²) in [7, 11) is 0. The molecule has 0 aromatic rings. The van der Waals surface area contributed by atoms with Gasteiger partial charge in [0.15, 0.2) is 17.3 Å². The van der Waals surface area contributed by atoms with Crippen LogP contribution >= 0.6 is 0 Å². The van der Waals surface area contributed by atoms with Gasteiger partial charge in [-0.25, -0.2) is 4.99 Å². The predicted octanol–water partition coefficient (Wildman–Crippen LogP) is 1.41. The number of nitrogens with zero attached hydrogens (tertiary/aromatic N) is 1. The van der Waals surface area contributed by atoms with Crippen molar-refractivity contribution in [2.24, 2.45) is 16.8 Å². The van der Waals surface area contributed by atoms with Gasteiger partial charge in [0.05, 0.1) is 31.5 Å². The molecule has 1 N–H and O–H groups in total. The van der Waals surface area contributed by atoms with Gasteiger partial charge in [-0.2, -0.15) is 13.2 Å². The molecule has 2 aliphatic rings. The molecule has 0 aromatic carbocycles. The summed E-state index contributed by atoms with van der Waals surface area (Å²) in [6, 6.07) is 0. The van der Waals surface area contributed by atoms with Crippen molar-refractivity contribution >= 4 is 23.1 Å². The van der Waals surface area contributed by atoms with E-state index in [-0.39, 0.29) is 44.8 Å². The monoisotopic (exact) mass is 361 g/mol. The van der Waals surface area contributed by atoms with Crippen LogP contribution in [0.4, 0.5) is 13.2 Å². The molecular formula is C16H18F3NO5. The molecule has 0 saturated heterocycles. The minimum atomic E-state index is -4.67. The van der Waals surface area contributed by atoms with Crippen LogP contribution in [-0.2, 0) is 19.1 Å². The van der Waals surface area contributed by atoms with E-state index >= 15 is 0 Å². The zero-order valence-corrected chi connectivity index (χ0v) is 13.3. The number of aliphatic imine (C=N–C) groups is 1. The van der Waals surface area contributed by atoms with Gasteiger partial charge in [-0.1, -0.05) is 6.08 Å². The molecule has 1 aliphatic heterocycles. The van der Waals surface area contributed by atoms with Gasteiger partial charge in [0.1, 0.15) is 11.6 Å². The largest absolute Gasteiger partial charge is 0.433 e. The van der Waals surface area contributed by atoms with Crippen molar-refractivity contribution in [2.75, 3.05) is 19.8 Å². The van der Waals surface area contributed by atoms with Gasteiger partial charge in [-0.15, -0.1) is 0 Å². The Kier molecular flexibility index (Phi) is 6.23. The first-order valence-corrected chi connectivity index (χ1v) is 7.88. The minimum absolute atomic E-state index is 0.103. The molecule has 6 nitrogen and oxygen atoms in total. The van der Waals surface area contributed by atoms with Crippen LogP contribution in [0.25, 0.3) is 0 Å². The summed E-state index contributed by atoms with van der Waals surface area (Å²) in [5.74, 6) is -4.26. The van der Waals surface area contributed by atoms with E-state index in [1.807, 2.05) is 0 Å². The number of rotatable bonds is 6. The molecule has 1 heterocycles. The number of ether oxygens (including phenoxy) is 1. The second kappa shape index (κ2) is 8.01. The summed E-state index contributed by atoms with van der Waals surface area (Å²) < 4.78 is 43.6. The average molecular weight is 361 g/mol. The smallest absolute Gasteiger partial charge is 0.394 e. The number of carbonyl (C=O) groups excluding carboxylic acids is 3. The van der Waals surface area contributed by atoms with Crippen LogP contribution in [0.15, 0.2) is 16.8 Å². The summed E-state index contributed by atoms with van der Waals surface area (Å²) in [6.07, 6.45) is -3.60. The van der Waals surface area contributed by atoms with E-state index in [0.29, 0.717) is 6.42 Å². The quantitative estimate of drug-likeness (QED) is 0.570. The molecule has 1 fully saturated rings. The molecule has 0 aromatic heterocycles. The van der Waals surface area contributed by atoms with Crippen molar-refractivity contribution < 1.29 is 37.4 Å². The molecule has 0 radical (unpaired) electrons. The lowest BCUT2D eigenvalue weighted by Crippen LogP contribution is -2.42. The van der Waals surface area contributed by atoms with Crippen molar-refractivity contribution in [1.29, 1.82) is 0 Å². The van der Waals surface area contributed by atoms with Crippen LogP contribution in [0.5, 0.6) is 0 Å². The highest BCUT2D eigenvalue weighted by Crippen LogP contribution is 2.33. The lowest BCUT2D eigenvalue weighted by Gasteiger charge is -2.26. The van der Waals surface area contributed by atoms with Crippen molar-refractivity contribution in [1.82, 2.24) is 0 Å². The molecule has 138 valence electrons. The summed E-state index contributed by atoms with van der Waals surface area (Å²) >= 11 is 0. The van der Waals surface area contributed by atoms with Gasteiger partial charge in [0.2, 0.25) is 0 Å². The first-order valence-electron chi connectivity index (χ1n) is 7.88. The number of Topliss-reactive ketones (excluding diaryl/α,β-unsaturated/α-hetero) is 3. The zero-order chi connectivity index (χ0) is 18.6. The Morgan fingerprint density at radius 3 is 2.48 bits per heavy atom. The summed E-state index contributed by atoms with van der Waals surface area (Å²) in [5.41, 5.74) is -1.32. The van der Waals surface area contributed by atoms with E-state index in [1.54, 1.807) is 0 Å². The van der Waals surface area contributed by atoms with Crippen molar-refractivity contribution in [3.8, 4) is 0 Å². The second-order valence-corrected chi connectivity index (χ2v) is 5.88. The third kappa shape index (κ3) is 4.60. The molecule has 0 spiro atoms. The Morgan fingerprint density at radius 2 is 1.92 bits per heavy atom. The number of halogens is 3. The lowest BCUT2D eigenvalue weighted by molar-refractivity contribution is -0.143.